The molecule has 0 aliphatic rings. The molecule has 2 aromatic rings. The van der Waals surface area contributed by atoms with Gasteiger partial charge in [0.2, 0.25) is 0 Å². The SMILES string of the molecule is O=C(O)CCc1cccc(NC(=O)c2ccccc2)c1. The van der Waals surface area contributed by atoms with Gasteiger partial charge < -0.3 is 10.4 Å². The number of carboxylic acids is 1. The molecule has 0 aromatic heterocycles. The van der Waals surface area contributed by atoms with Crippen molar-refractivity contribution in [2.24, 2.45) is 0 Å². The lowest BCUT2D eigenvalue weighted by atomic mass is 10.1. The van der Waals surface area contributed by atoms with Crippen molar-refractivity contribution in [1.82, 2.24) is 0 Å². The van der Waals surface area contributed by atoms with Crippen molar-refractivity contribution in [3.05, 3.63) is 65.7 Å². The summed E-state index contributed by atoms with van der Waals surface area (Å²) in [4.78, 5) is 22.5. The summed E-state index contributed by atoms with van der Waals surface area (Å²) in [7, 11) is 0. The molecule has 0 aliphatic carbocycles. The largest absolute Gasteiger partial charge is 0.481 e. The second-order valence-corrected chi connectivity index (χ2v) is 4.41. The molecule has 4 heteroatoms. The fraction of sp³-hybridized carbons (Fsp3) is 0.125. The molecule has 0 atom stereocenters. The Kier molecular flexibility index (Phi) is 4.50. The Balaban J connectivity index is 2.04. The van der Waals surface area contributed by atoms with Crippen LogP contribution in [0.2, 0.25) is 0 Å². The van der Waals surface area contributed by atoms with E-state index >= 15 is 0 Å². The Labute approximate surface area is 117 Å². The van der Waals surface area contributed by atoms with E-state index in [1.165, 1.54) is 0 Å². The van der Waals surface area contributed by atoms with Gasteiger partial charge in [0.15, 0.2) is 0 Å². The van der Waals surface area contributed by atoms with Gasteiger partial charge in [-0.3, -0.25) is 9.59 Å². The maximum absolute atomic E-state index is 12.0. The van der Waals surface area contributed by atoms with E-state index in [9.17, 15) is 9.59 Å². The summed E-state index contributed by atoms with van der Waals surface area (Å²) in [5.41, 5.74) is 2.14. The third-order valence-electron chi connectivity index (χ3n) is 2.85. The summed E-state index contributed by atoms with van der Waals surface area (Å²) in [5.74, 6) is -1.01. The lowest BCUT2D eigenvalue weighted by Crippen LogP contribution is -2.11. The van der Waals surface area contributed by atoms with Crippen molar-refractivity contribution in [3.63, 3.8) is 0 Å². The van der Waals surface area contributed by atoms with Gasteiger partial charge in [0.05, 0.1) is 0 Å². The van der Waals surface area contributed by atoms with Gasteiger partial charge in [0.1, 0.15) is 0 Å². The molecule has 0 unspecified atom stereocenters. The second-order valence-electron chi connectivity index (χ2n) is 4.41. The Morgan fingerprint density at radius 2 is 1.75 bits per heavy atom. The molecule has 0 aliphatic heterocycles. The van der Waals surface area contributed by atoms with Gasteiger partial charge in [-0.05, 0) is 36.2 Å². The van der Waals surface area contributed by atoms with Gasteiger partial charge in [-0.25, -0.2) is 0 Å². The monoisotopic (exact) mass is 269 g/mol. The molecule has 0 saturated heterocycles. The van der Waals surface area contributed by atoms with Crippen LogP contribution in [0, 0.1) is 0 Å². The Morgan fingerprint density at radius 1 is 1.00 bits per heavy atom. The van der Waals surface area contributed by atoms with Crippen LogP contribution in [0.4, 0.5) is 5.69 Å². The maximum atomic E-state index is 12.0. The van der Waals surface area contributed by atoms with E-state index in [1.54, 1.807) is 42.5 Å². The van der Waals surface area contributed by atoms with Crippen LogP contribution in [0.1, 0.15) is 22.3 Å². The third kappa shape index (κ3) is 3.95. The Morgan fingerprint density at radius 3 is 2.45 bits per heavy atom. The lowest BCUT2D eigenvalue weighted by Gasteiger charge is -2.07. The number of amides is 1. The summed E-state index contributed by atoms with van der Waals surface area (Å²) < 4.78 is 0. The minimum atomic E-state index is -0.830. The summed E-state index contributed by atoms with van der Waals surface area (Å²) in [6, 6.07) is 16.2. The van der Waals surface area contributed by atoms with Gasteiger partial charge in [-0.15, -0.1) is 0 Å². The highest BCUT2D eigenvalue weighted by molar-refractivity contribution is 6.04. The van der Waals surface area contributed by atoms with Gasteiger partial charge in [-0.1, -0.05) is 30.3 Å². The minimum Gasteiger partial charge on any atom is -0.481 e. The number of carbonyl (C=O) groups excluding carboxylic acids is 1. The molecule has 0 saturated carbocycles. The molecule has 2 aromatic carbocycles. The van der Waals surface area contributed by atoms with Gasteiger partial charge >= 0.3 is 5.97 Å². The summed E-state index contributed by atoms with van der Waals surface area (Å²) in [6.45, 7) is 0. The highest BCUT2D eigenvalue weighted by Crippen LogP contribution is 2.13. The summed E-state index contributed by atoms with van der Waals surface area (Å²) >= 11 is 0. The van der Waals surface area contributed by atoms with Crippen molar-refractivity contribution in [1.29, 1.82) is 0 Å². The quantitative estimate of drug-likeness (QED) is 0.877. The number of hydrogen-bond acceptors (Lipinski definition) is 2. The standard InChI is InChI=1S/C16H15NO3/c18-15(19)10-9-12-5-4-8-14(11-12)17-16(20)13-6-2-1-3-7-13/h1-8,11H,9-10H2,(H,17,20)(H,18,19). The molecular formula is C16H15NO3. The van der Waals surface area contributed by atoms with Crippen LogP contribution < -0.4 is 5.32 Å². The predicted molar refractivity (Wildman–Crippen MR) is 76.8 cm³/mol. The summed E-state index contributed by atoms with van der Waals surface area (Å²) in [6.07, 6.45) is 0.528. The van der Waals surface area contributed by atoms with E-state index in [-0.39, 0.29) is 12.3 Å². The number of carboxylic acid groups (broad SMARTS) is 1. The van der Waals surface area contributed by atoms with E-state index in [2.05, 4.69) is 5.32 Å². The van der Waals surface area contributed by atoms with Crippen molar-refractivity contribution in [3.8, 4) is 0 Å². The number of aryl methyl sites for hydroxylation is 1. The number of nitrogens with one attached hydrogen (secondary N) is 1. The fourth-order valence-electron chi connectivity index (χ4n) is 1.85. The van der Waals surface area contributed by atoms with Gasteiger partial charge in [-0.2, -0.15) is 0 Å². The maximum Gasteiger partial charge on any atom is 0.303 e. The minimum absolute atomic E-state index is 0.0794. The van der Waals surface area contributed by atoms with Gasteiger partial charge in [0, 0.05) is 17.7 Å². The van der Waals surface area contributed by atoms with Crippen LogP contribution in [-0.4, -0.2) is 17.0 Å². The molecule has 20 heavy (non-hydrogen) atoms. The van der Waals surface area contributed by atoms with Crippen LogP contribution in [0.25, 0.3) is 0 Å². The van der Waals surface area contributed by atoms with E-state index in [1.807, 2.05) is 12.1 Å². The molecule has 0 spiro atoms. The van der Waals surface area contributed by atoms with Crippen molar-refractivity contribution in [2.75, 3.05) is 5.32 Å². The van der Waals surface area contributed by atoms with Crippen molar-refractivity contribution < 1.29 is 14.7 Å². The average Bonchev–Trinajstić information content (AvgIpc) is 2.46. The lowest BCUT2D eigenvalue weighted by molar-refractivity contribution is -0.136. The molecule has 1 amide bonds. The molecule has 0 bridgehead atoms. The van der Waals surface area contributed by atoms with E-state index in [4.69, 9.17) is 5.11 Å². The van der Waals surface area contributed by atoms with Gasteiger partial charge in [0.25, 0.3) is 5.91 Å². The highest BCUT2D eigenvalue weighted by Gasteiger charge is 2.06. The first kappa shape index (κ1) is 13.8. The highest BCUT2D eigenvalue weighted by atomic mass is 16.4. The molecule has 0 fully saturated rings. The van der Waals surface area contributed by atoms with Crippen LogP contribution in [0.5, 0.6) is 0 Å². The molecule has 102 valence electrons. The number of aliphatic carboxylic acids is 1. The zero-order valence-corrected chi connectivity index (χ0v) is 10.9. The first-order valence-corrected chi connectivity index (χ1v) is 6.32. The van der Waals surface area contributed by atoms with Crippen LogP contribution in [-0.2, 0) is 11.2 Å². The number of hydrogen-bond donors (Lipinski definition) is 2. The summed E-state index contributed by atoms with van der Waals surface area (Å²) in [5, 5.41) is 11.5. The predicted octanol–water partition coefficient (Wildman–Crippen LogP) is 2.96. The zero-order chi connectivity index (χ0) is 14.4. The second kappa shape index (κ2) is 6.52. The molecule has 0 heterocycles. The molecule has 2 N–H and O–H groups in total. The zero-order valence-electron chi connectivity index (χ0n) is 10.9. The number of anilines is 1. The third-order valence-corrected chi connectivity index (χ3v) is 2.85. The average molecular weight is 269 g/mol. The molecule has 4 nitrogen and oxygen atoms in total. The number of benzene rings is 2. The number of rotatable bonds is 5. The fourth-order valence-corrected chi connectivity index (χ4v) is 1.85. The molecule has 0 radical (unpaired) electrons. The Hall–Kier alpha value is -2.62. The van der Waals surface area contributed by atoms with Crippen LogP contribution in [0.3, 0.4) is 0 Å². The van der Waals surface area contributed by atoms with E-state index in [0.717, 1.165) is 5.56 Å². The first-order valence-electron chi connectivity index (χ1n) is 6.32. The molecule has 2 rings (SSSR count). The van der Waals surface area contributed by atoms with E-state index in [0.29, 0.717) is 17.7 Å². The first-order chi connectivity index (χ1) is 9.65. The van der Waals surface area contributed by atoms with Crippen molar-refractivity contribution in [2.45, 2.75) is 12.8 Å². The van der Waals surface area contributed by atoms with Crippen LogP contribution in [0.15, 0.2) is 54.6 Å². The number of carbonyl (C=O) groups is 2. The molecular weight excluding hydrogens is 254 g/mol. The normalized spacial score (nSPS) is 10.0. The smallest absolute Gasteiger partial charge is 0.303 e. The van der Waals surface area contributed by atoms with Crippen LogP contribution >= 0.6 is 0 Å². The topological polar surface area (TPSA) is 66.4 Å². The van der Waals surface area contributed by atoms with Crippen molar-refractivity contribution >= 4 is 17.6 Å². The Bertz CT molecular complexity index is 608. The van der Waals surface area contributed by atoms with E-state index < -0.39 is 5.97 Å².